The number of pyridine rings is 1. The average Bonchev–Trinajstić information content (AvgIpc) is 2.35. The molecule has 0 saturated heterocycles. The predicted octanol–water partition coefficient (Wildman–Crippen LogP) is 2.66. The van der Waals surface area contributed by atoms with Gasteiger partial charge in [-0.3, -0.25) is 4.98 Å². The van der Waals surface area contributed by atoms with Crippen molar-refractivity contribution in [1.29, 1.82) is 0 Å². The molecular weight excluding hydrogens is 280 g/mol. The molecule has 1 N–H and O–H groups in total. The van der Waals surface area contributed by atoms with Crippen LogP contribution in [-0.4, -0.2) is 21.5 Å². The maximum atomic E-state index is 4.47. The van der Waals surface area contributed by atoms with Crippen LogP contribution in [0.3, 0.4) is 0 Å². The predicted molar refractivity (Wildman–Crippen MR) is 70.9 cm³/mol. The van der Waals surface area contributed by atoms with E-state index in [4.69, 9.17) is 0 Å². The molecule has 0 radical (unpaired) electrons. The SMILES string of the molecule is CCNc1nc(Cc2ccncc2)ncc1Br. The van der Waals surface area contributed by atoms with E-state index in [0.717, 1.165) is 28.2 Å². The fraction of sp³-hybridized carbons (Fsp3) is 0.250. The summed E-state index contributed by atoms with van der Waals surface area (Å²) in [6.07, 6.45) is 6.05. The lowest BCUT2D eigenvalue weighted by Gasteiger charge is -2.07. The van der Waals surface area contributed by atoms with E-state index < -0.39 is 0 Å². The number of anilines is 1. The van der Waals surface area contributed by atoms with Crippen molar-refractivity contribution in [3.8, 4) is 0 Å². The molecule has 88 valence electrons. The molecule has 2 aromatic rings. The molecule has 2 heterocycles. The van der Waals surface area contributed by atoms with Gasteiger partial charge in [-0.2, -0.15) is 0 Å². The fourth-order valence-corrected chi connectivity index (χ4v) is 1.79. The minimum atomic E-state index is 0.716. The zero-order valence-corrected chi connectivity index (χ0v) is 11.1. The molecule has 0 aliphatic rings. The molecule has 0 atom stereocenters. The first kappa shape index (κ1) is 12.0. The zero-order chi connectivity index (χ0) is 12.1. The number of nitrogens with zero attached hydrogens (tertiary/aromatic N) is 3. The molecule has 5 heteroatoms. The van der Waals surface area contributed by atoms with E-state index in [1.165, 1.54) is 0 Å². The van der Waals surface area contributed by atoms with Crippen LogP contribution >= 0.6 is 15.9 Å². The highest BCUT2D eigenvalue weighted by atomic mass is 79.9. The molecule has 0 saturated carbocycles. The second kappa shape index (κ2) is 5.72. The van der Waals surface area contributed by atoms with Gasteiger partial charge >= 0.3 is 0 Å². The van der Waals surface area contributed by atoms with E-state index in [0.29, 0.717) is 6.42 Å². The first-order valence-corrected chi connectivity index (χ1v) is 6.23. The summed E-state index contributed by atoms with van der Waals surface area (Å²) in [5.74, 6) is 1.64. The Balaban J connectivity index is 2.19. The molecular formula is C12H13BrN4. The summed E-state index contributed by atoms with van der Waals surface area (Å²) >= 11 is 3.42. The van der Waals surface area contributed by atoms with Gasteiger partial charge in [0.2, 0.25) is 0 Å². The lowest BCUT2D eigenvalue weighted by Crippen LogP contribution is -2.04. The van der Waals surface area contributed by atoms with Gasteiger partial charge in [-0.1, -0.05) is 0 Å². The van der Waals surface area contributed by atoms with Crippen molar-refractivity contribution in [1.82, 2.24) is 15.0 Å². The Morgan fingerprint density at radius 2 is 2.06 bits per heavy atom. The molecule has 17 heavy (non-hydrogen) atoms. The van der Waals surface area contributed by atoms with Gasteiger partial charge in [0.05, 0.1) is 4.47 Å². The van der Waals surface area contributed by atoms with Crippen LogP contribution in [0.1, 0.15) is 18.3 Å². The van der Waals surface area contributed by atoms with Crippen LogP contribution in [-0.2, 0) is 6.42 Å². The fourth-order valence-electron chi connectivity index (χ4n) is 1.46. The summed E-state index contributed by atoms with van der Waals surface area (Å²) in [5, 5.41) is 3.19. The minimum Gasteiger partial charge on any atom is -0.369 e. The van der Waals surface area contributed by atoms with Crippen LogP contribution in [0.15, 0.2) is 35.2 Å². The topological polar surface area (TPSA) is 50.7 Å². The lowest BCUT2D eigenvalue weighted by molar-refractivity contribution is 0.953. The third kappa shape index (κ3) is 3.23. The van der Waals surface area contributed by atoms with Crippen molar-refractivity contribution in [2.45, 2.75) is 13.3 Å². The Hall–Kier alpha value is -1.49. The maximum Gasteiger partial charge on any atom is 0.144 e. The lowest BCUT2D eigenvalue weighted by atomic mass is 10.2. The van der Waals surface area contributed by atoms with Gasteiger partial charge in [0, 0.05) is 31.6 Å². The standard InChI is InChI=1S/C12H13BrN4/c1-2-15-12-10(13)8-16-11(17-12)7-9-3-5-14-6-4-9/h3-6,8H,2,7H2,1H3,(H,15,16,17). The Kier molecular flexibility index (Phi) is 4.03. The summed E-state index contributed by atoms with van der Waals surface area (Å²) in [4.78, 5) is 12.8. The van der Waals surface area contributed by atoms with E-state index in [-0.39, 0.29) is 0 Å². The van der Waals surface area contributed by atoms with Crippen molar-refractivity contribution in [2.24, 2.45) is 0 Å². The third-order valence-corrected chi connectivity index (χ3v) is 2.83. The second-order valence-electron chi connectivity index (χ2n) is 3.55. The van der Waals surface area contributed by atoms with Crippen LogP contribution in [0, 0.1) is 0 Å². The molecule has 0 spiro atoms. The normalized spacial score (nSPS) is 10.2. The number of rotatable bonds is 4. The maximum absolute atomic E-state index is 4.47. The van der Waals surface area contributed by atoms with Crippen molar-refractivity contribution in [3.63, 3.8) is 0 Å². The molecule has 0 aromatic carbocycles. The number of aromatic nitrogens is 3. The zero-order valence-electron chi connectivity index (χ0n) is 9.52. The van der Waals surface area contributed by atoms with Crippen molar-refractivity contribution in [2.75, 3.05) is 11.9 Å². The highest BCUT2D eigenvalue weighted by Gasteiger charge is 2.04. The Morgan fingerprint density at radius 1 is 1.29 bits per heavy atom. The number of hydrogen-bond acceptors (Lipinski definition) is 4. The van der Waals surface area contributed by atoms with Crippen LogP contribution < -0.4 is 5.32 Å². The first-order chi connectivity index (χ1) is 8.29. The summed E-state index contributed by atoms with van der Waals surface area (Å²) < 4.78 is 0.887. The molecule has 2 rings (SSSR count). The molecule has 0 aliphatic carbocycles. The van der Waals surface area contributed by atoms with Crippen LogP contribution in [0.5, 0.6) is 0 Å². The molecule has 0 bridgehead atoms. The Morgan fingerprint density at radius 3 is 2.76 bits per heavy atom. The largest absolute Gasteiger partial charge is 0.369 e. The molecule has 0 aliphatic heterocycles. The smallest absolute Gasteiger partial charge is 0.144 e. The Labute approximate surface area is 109 Å². The first-order valence-electron chi connectivity index (χ1n) is 5.43. The molecule has 0 unspecified atom stereocenters. The number of halogens is 1. The highest BCUT2D eigenvalue weighted by Crippen LogP contribution is 2.19. The van der Waals surface area contributed by atoms with E-state index in [1.807, 2.05) is 19.1 Å². The van der Waals surface area contributed by atoms with Crippen LogP contribution in [0.25, 0.3) is 0 Å². The molecule has 2 aromatic heterocycles. The van der Waals surface area contributed by atoms with Gasteiger partial charge < -0.3 is 5.32 Å². The van der Waals surface area contributed by atoms with Crippen molar-refractivity contribution >= 4 is 21.7 Å². The molecule has 0 amide bonds. The molecule has 4 nitrogen and oxygen atoms in total. The second-order valence-corrected chi connectivity index (χ2v) is 4.40. The third-order valence-electron chi connectivity index (χ3n) is 2.25. The number of hydrogen-bond donors (Lipinski definition) is 1. The summed E-state index contributed by atoms with van der Waals surface area (Å²) in [5.41, 5.74) is 1.16. The van der Waals surface area contributed by atoms with Gasteiger partial charge in [-0.15, -0.1) is 0 Å². The van der Waals surface area contributed by atoms with Gasteiger partial charge in [0.15, 0.2) is 0 Å². The van der Waals surface area contributed by atoms with Gasteiger partial charge in [0.1, 0.15) is 11.6 Å². The average molecular weight is 293 g/mol. The quantitative estimate of drug-likeness (QED) is 0.941. The van der Waals surface area contributed by atoms with Gasteiger partial charge in [-0.25, -0.2) is 9.97 Å². The van der Waals surface area contributed by atoms with E-state index in [2.05, 4.69) is 36.2 Å². The highest BCUT2D eigenvalue weighted by molar-refractivity contribution is 9.10. The number of nitrogens with one attached hydrogen (secondary N) is 1. The summed E-state index contributed by atoms with van der Waals surface area (Å²) in [6.45, 7) is 2.88. The van der Waals surface area contributed by atoms with Gasteiger partial charge in [0.25, 0.3) is 0 Å². The van der Waals surface area contributed by atoms with Crippen LogP contribution in [0.4, 0.5) is 5.82 Å². The van der Waals surface area contributed by atoms with E-state index in [1.54, 1.807) is 18.6 Å². The molecule has 0 fully saturated rings. The van der Waals surface area contributed by atoms with E-state index >= 15 is 0 Å². The summed E-state index contributed by atoms with van der Waals surface area (Å²) in [6, 6.07) is 3.94. The van der Waals surface area contributed by atoms with Crippen molar-refractivity contribution < 1.29 is 0 Å². The Bertz CT molecular complexity index is 487. The monoisotopic (exact) mass is 292 g/mol. The summed E-state index contributed by atoms with van der Waals surface area (Å²) in [7, 11) is 0. The van der Waals surface area contributed by atoms with E-state index in [9.17, 15) is 0 Å². The minimum absolute atomic E-state index is 0.716. The van der Waals surface area contributed by atoms with Crippen molar-refractivity contribution in [3.05, 3.63) is 46.6 Å². The van der Waals surface area contributed by atoms with Crippen LogP contribution in [0.2, 0.25) is 0 Å². The van der Waals surface area contributed by atoms with Gasteiger partial charge in [-0.05, 0) is 40.5 Å².